The van der Waals surface area contributed by atoms with Gasteiger partial charge in [-0.05, 0) is 50.4 Å². The number of fused-ring (bicyclic) bond motifs is 1. The molecule has 0 saturated heterocycles. The fourth-order valence-electron chi connectivity index (χ4n) is 3.68. The first-order chi connectivity index (χ1) is 10.2. The molecule has 1 aliphatic rings. The number of imidazole rings is 1. The number of rotatable bonds is 5. The summed E-state index contributed by atoms with van der Waals surface area (Å²) in [6.07, 6.45) is 8.18. The lowest BCUT2D eigenvalue weighted by atomic mass is 10.0. The van der Waals surface area contributed by atoms with Crippen LogP contribution in [0.3, 0.4) is 0 Å². The molecule has 0 amide bonds. The summed E-state index contributed by atoms with van der Waals surface area (Å²) >= 11 is 0. The van der Waals surface area contributed by atoms with Gasteiger partial charge in [-0.15, -0.1) is 0 Å². The van der Waals surface area contributed by atoms with E-state index in [2.05, 4.69) is 47.7 Å². The molecule has 21 heavy (non-hydrogen) atoms. The molecule has 114 valence electrons. The molecule has 1 fully saturated rings. The van der Waals surface area contributed by atoms with Gasteiger partial charge < -0.3 is 10.1 Å². The number of hydrogen-bond donors (Lipinski definition) is 1. The molecule has 2 unspecified atom stereocenters. The third-order valence-electron chi connectivity index (χ3n) is 4.81. The van der Waals surface area contributed by atoms with Crippen LogP contribution in [0.4, 0.5) is 0 Å². The Labute approximate surface area is 127 Å². The summed E-state index contributed by atoms with van der Waals surface area (Å²) < 4.78 is 2.13. The van der Waals surface area contributed by atoms with Gasteiger partial charge in [0.05, 0.1) is 5.69 Å². The van der Waals surface area contributed by atoms with E-state index in [0.29, 0.717) is 12.0 Å². The fourth-order valence-corrected chi connectivity index (χ4v) is 3.68. The van der Waals surface area contributed by atoms with Crippen LogP contribution in [0, 0.1) is 12.8 Å². The van der Waals surface area contributed by atoms with Crippen molar-refractivity contribution in [1.82, 2.24) is 14.3 Å². The Bertz CT molecular complexity index is 604. The second-order valence-corrected chi connectivity index (χ2v) is 6.26. The third kappa shape index (κ3) is 2.97. The van der Waals surface area contributed by atoms with Crippen molar-refractivity contribution >= 4 is 5.65 Å². The van der Waals surface area contributed by atoms with Gasteiger partial charge >= 0.3 is 0 Å². The molecule has 2 atom stereocenters. The largest absolute Gasteiger partial charge is 0.330 e. The molecule has 3 rings (SSSR count). The van der Waals surface area contributed by atoms with Gasteiger partial charge in [-0.25, -0.2) is 4.98 Å². The number of pyridine rings is 1. The van der Waals surface area contributed by atoms with Crippen molar-refractivity contribution < 1.29 is 0 Å². The van der Waals surface area contributed by atoms with Crippen LogP contribution in [0.25, 0.3) is 5.65 Å². The number of hydrogen-bond acceptors (Lipinski definition) is 3. The number of nitrogens with zero attached hydrogens (tertiary/aromatic N) is 3. The molecule has 0 radical (unpaired) electrons. The molecule has 0 bridgehead atoms. The maximum atomic E-state index is 5.94. The van der Waals surface area contributed by atoms with Gasteiger partial charge in [-0.1, -0.05) is 19.4 Å². The number of nitrogens with two attached hydrogens (primary N) is 1. The molecule has 2 heterocycles. The Morgan fingerprint density at radius 1 is 1.33 bits per heavy atom. The molecular weight excluding hydrogens is 260 g/mol. The minimum Gasteiger partial charge on any atom is -0.330 e. The molecule has 2 aromatic heterocycles. The quantitative estimate of drug-likeness (QED) is 0.919. The van der Waals surface area contributed by atoms with Crippen LogP contribution in [-0.2, 0) is 6.54 Å². The van der Waals surface area contributed by atoms with Crippen LogP contribution in [0.1, 0.15) is 37.4 Å². The van der Waals surface area contributed by atoms with Crippen molar-refractivity contribution in [3.8, 4) is 0 Å². The SMILES string of the molecule is CCN(Cc1cn2cc(C)ccc2n1)C1CCCC1CN. The average molecular weight is 286 g/mol. The zero-order valence-electron chi connectivity index (χ0n) is 13.1. The lowest BCUT2D eigenvalue weighted by molar-refractivity contribution is 0.160. The summed E-state index contributed by atoms with van der Waals surface area (Å²) in [7, 11) is 0. The highest BCUT2D eigenvalue weighted by Crippen LogP contribution is 2.30. The van der Waals surface area contributed by atoms with Crippen LogP contribution in [0.15, 0.2) is 24.5 Å². The highest BCUT2D eigenvalue weighted by molar-refractivity contribution is 5.41. The van der Waals surface area contributed by atoms with E-state index in [0.717, 1.165) is 31.0 Å². The molecule has 0 aromatic carbocycles. The van der Waals surface area contributed by atoms with Crippen molar-refractivity contribution in [2.24, 2.45) is 11.7 Å². The maximum Gasteiger partial charge on any atom is 0.137 e. The van der Waals surface area contributed by atoms with Gasteiger partial charge in [-0.3, -0.25) is 4.90 Å². The monoisotopic (exact) mass is 286 g/mol. The number of aryl methyl sites for hydroxylation is 1. The molecule has 1 saturated carbocycles. The van der Waals surface area contributed by atoms with Gasteiger partial charge in [0.25, 0.3) is 0 Å². The predicted octanol–water partition coefficient (Wildman–Crippen LogP) is 2.59. The minimum atomic E-state index is 0.631. The van der Waals surface area contributed by atoms with Gasteiger partial charge in [0.2, 0.25) is 0 Å². The normalized spacial score (nSPS) is 22.5. The molecule has 2 N–H and O–H groups in total. The third-order valence-corrected chi connectivity index (χ3v) is 4.81. The first-order valence-electron chi connectivity index (χ1n) is 8.09. The van der Waals surface area contributed by atoms with E-state index in [4.69, 9.17) is 10.7 Å². The first-order valence-corrected chi connectivity index (χ1v) is 8.09. The number of aromatic nitrogens is 2. The molecule has 0 spiro atoms. The molecule has 1 aliphatic carbocycles. The molecule has 0 aliphatic heterocycles. The van der Waals surface area contributed by atoms with Crippen molar-refractivity contribution in [3.63, 3.8) is 0 Å². The zero-order chi connectivity index (χ0) is 14.8. The van der Waals surface area contributed by atoms with Gasteiger partial charge in [0.15, 0.2) is 0 Å². The smallest absolute Gasteiger partial charge is 0.137 e. The van der Waals surface area contributed by atoms with Crippen molar-refractivity contribution in [1.29, 1.82) is 0 Å². The molecule has 4 nitrogen and oxygen atoms in total. The van der Waals surface area contributed by atoms with Gasteiger partial charge in [0.1, 0.15) is 5.65 Å². The molecule has 2 aromatic rings. The zero-order valence-corrected chi connectivity index (χ0v) is 13.1. The summed E-state index contributed by atoms with van der Waals surface area (Å²) in [5, 5.41) is 0. The topological polar surface area (TPSA) is 46.6 Å². The van der Waals surface area contributed by atoms with E-state index in [1.807, 2.05) is 0 Å². The van der Waals surface area contributed by atoms with E-state index in [1.54, 1.807) is 0 Å². The highest BCUT2D eigenvalue weighted by Gasteiger charge is 2.30. The van der Waals surface area contributed by atoms with Crippen molar-refractivity contribution in [2.45, 2.75) is 45.7 Å². The summed E-state index contributed by atoms with van der Waals surface area (Å²) in [6.45, 7) is 7.16. The Balaban J connectivity index is 1.78. The second kappa shape index (κ2) is 6.16. The lowest BCUT2D eigenvalue weighted by Gasteiger charge is -2.31. The van der Waals surface area contributed by atoms with Gasteiger partial charge in [0, 0.05) is 25.0 Å². The van der Waals surface area contributed by atoms with E-state index in [9.17, 15) is 0 Å². The summed E-state index contributed by atoms with van der Waals surface area (Å²) in [6, 6.07) is 4.84. The fraction of sp³-hybridized carbons (Fsp3) is 0.588. The van der Waals surface area contributed by atoms with E-state index >= 15 is 0 Å². The van der Waals surface area contributed by atoms with Crippen LogP contribution < -0.4 is 5.73 Å². The Morgan fingerprint density at radius 2 is 2.19 bits per heavy atom. The van der Waals surface area contributed by atoms with E-state index in [1.165, 1.54) is 24.8 Å². The summed E-state index contributed by atoms with van der Waals surface area (Å²) in [5.41, 5.74) is 9.40. The maximum absolute atomic E-state index is 5.94. The van der Waals surface area contributed by atoms with Crippen LogP contribution in [0.2, 0.25) is 0 Å². The standard InChI is InChI=1S/C17H26N4/c1-3-20(16-6-4-5-14(16)9-18)11-15-12-21-10-13(2)7-8-17(21)19-15/h7-8,10,12,14,16H,3-6,9,11,18H2,1-2H3. The lowest BCUT2D eigenvalue weighted by Crippen LogP contribution is -2.39. The van der Waals surface area contributed by atoms with Crippen LogP contribution in [-0.4, -0.2) is 33.4 Å². The van der Waals surface area contributed by atoms with Crippen molar-refractivity contribution in [3.05, 3.63) is 35.8 Å². The minimum absolute atomic E-state index is 0.631. The van der Waals surface area contributed by atoms with Crippen LogP contribution >= 0.6 is 0 Å². The molecule has 4 heteroatoms. The van der Waals surface area contributed by atoms with E-state index < -0.39 is 0 Å². The van der Waals surface area contributed by atoms with E-state index in [-0.39, 0.29) is 0 Å². The van der Waals surface area contributed by atoms with Gasteiger partial charge in [-0.2, -0.15) is 0 Å². The predicted molar refractivity (Wildman–Crippen MR) is 86.2 cm³/mol. The first kappa shape index (κ1) is 14.5. The summed E-state index contributed by atoms with van der Waals surface area (Å²) in [4.78, 5) is 7.31. The second-order valence-electron chi connectivity index (χ2n) is 6.26. The molecular formula is C17H26N4. The Kier molecular flexibility index (Phi) is 4.27. The van der Waals surface area contributed by atoms with Crippen molar-refractivity contribution in [2.75, 3.05) is 13.1 Å². The highest BCUT2D eigenvalue weighted by atomic mass is 15.2. The average Bonchev–Trinajstić information content (AvgIpc) is 3.09. The van der Waals surface area contributed by atoms with Crippen LogP contribution in [0.5, 0.6) is 0 Å². The Morgan fingerprint density at radius 3 is 2.95 bits per heavy atom. The Hall–Kier alpha value is -1.39. The summed E-state index contributed by atoms with van der Waals surface area (Å²) in [5.74, 6) is 0.657.